The molecule has 0 radical (unpaired) electrons. The van der Waals surface area contributed by atoms with E-state index in [1.807, 2.05) is 0 Å². The lowest BCUT2D eigenvalue weighted by Gasteiger charge is -2.09. The van der Waals surface area contributed by atoms with Crippen LogP contribution in [0, 0.1) is 17.5 Å². The van der Waals surface area contributed by atoms with Crippen LogP contribution in [0.4, 0.5) is 23.7 Å². The number of nitrogens with one attached hydrogen (secondary N) is 2. The molecule has 0 aliphatic heterocycles. The number of hydrogen-bond acceptors (Lipinski definition) is 2. The zero-order valence-electron chi connectivity index (χ0n) is 11.4. The van der Waals surface area contributed by atoms with Gasteiger partial charge in [0.1, 0.15) is 18.2 Å². The van der Waals surface area contributed by atoms with Crippen molar-refractivity contribution in [1.29, 1.82) is 0 Å². The van der Waals surface area contributed by atoms with Crippen LogP contribution >= 0.6 is 0 Å². The molecule has 116 valence electrons. The zero-order chi connectivity index (χ0) is 15.9. The lowest BCUT2D eigenvalue weighted by atomic mass is 10.3. The lowest BCUT2D eigenvalue weighted by Crippen LogP contribution is -2.32. The van der Waals surface area contributed by atoms with E-state index in [2.05, 4.69) is 10.6 Å². The van der Waals surface area contributed by atoms with Crippen LogP contribution in [0.3, 0.4) is 0 Å². The summed E-state index contributed by atoms with van der Waals surface area (Å²) in [6.07, 6.45) is 0. The van der Waals surface area contributed by atoms with E-state index in [1.54, 1.807) is 0 Å². The van der Waals surface area contributed by atoms with Crippen LogP contribution < -0.4 is 15.4 Å². The number of halogens is 3. The van der Waals surface area contributed by atoms with Crippen LogP contribution in [0.1, 0.15) is 0 Å². The maximum atomic E-state index is 13.3. The van der Waals surface area contributed by atoms with Gasteiger partial charge in [0.05, 0.1) is 6.54 Å². The quantitative estimate of drug-likeness (QED) is 0.833. The molecular formula is C15H13F3N2O2. The highest BCUT2D eigenvalue weighted by Crippen LogP contribution is 2.17. The van der Waals surface area contributed by atoms with E-state index in [0.29, 0.717) is 11.8 Å². The highest BCUT2D eigenvalue weighted by Gasteiger charge is 2.05. The number of benzene rings is 2. The lowest BCUT2D eigenvalue weighted by molar-refractivity contribution is 0.246. The third-order valence-corrected chi connectivity index (χ3v) is 2.62. The highest BCUT2D eigenvalue weighted by atomic mass is 19.1. The number of anilines is 1. The Morgan fingerprint density at radius 2 is 1.82 bits per heavy atom. The fourth-order valence-corrected chi connectivity index (χ4v) is 1.66. The summed E-state index contributed by atoms with van der Waals surface area (Å²) in [5, 5.41) is 4.89. The molecule has 2 N–H and O–H groups in total. The Hall–Kier alpha value is -2.70. The van der Waals surface area contributed by atoms with Crippen molar-refractivity contribution in [3.8, 4) is 5.75 Å². The molecule has 2 aromatic rings. The van der Waals surface area contributed by atoms with Crippen molar-refractivity contribution >= 4 is 11.7 Å². The summed E-state index contributed by atoms with van der Waals surface area (Å²) in [5.74, 6) is -2.08. The summed E-state index contributed by atoms with van der Waals surface area (Å²) in [7, 11) is 0. The summed E-state index contributed by atoms with van der Waals surface area (Å²) < 4.78 is 43.9. The van der Waals surface area contributed by atoms with Gasteiger partial charge in [0.15, 0.2) is 11.6 Å². The van der Waals surface area contributed by atoms with E-state index in [4.69, 9.17) is 4.74 Å². The minimum atomic E-state index is -0.816. The highest BCUT2D eigenvalue weighted by molar-refractivity contribution is 5.89. The summed E-state index contributed by atoms with van der Waals surface area (Å²) >= 11 is 0. The van der Waals surface area contributed by atoms with Gasteiger partial charge in [-0.3, -0.25) is 0 Å². The second-order valence-electron chi connectivity index (χ2n) is 4.31. The average Bonchev–Trinajstić information content (AvgIpc) is 2.45. The SMILES string of the molecule is O=C(NCCOc1ccc(F)cc1F)Nc1cccc(F)c1. The maximum absolute atomic E-state index is 13.3. The van der Waals surface area contributed by atoms with Crippen molar-refractivity contribution in [2.45, 2.75) is 0 Å². The molecule has 0 heterocycles. The molecule has 0 aliphatic rings. The molecule has 0 saturated carbocycles. The fraction of sp³-hybridized carbons (Fsp3) is 0.133. The zero-order valence-corrected chi connectivity index (χ0v) is 11.4. The van der Waals surface area contributed by atoms with Gasteiger partial charge in [0.2, 0.25) is 0 Å². The van der Waals surface area contributed by atoms with Gasteiger partial charge in [-0.2, -0.15) is 0 Å². The second kappa shape index (κ2) is 7.35. The van der Waals surface area contributed by atoms with Gasteiger partial charge in [0, 0.05) is 11.8 Å². The van der Waals surface area contributed by atoms with Gasteiger partial charge in [0.25, 0.3) is 0 Å². The van der Waals surface area contributed by atoms with Crippen molar-refractivity contribution < 1.29 is 22.7 Å². The minimum absolute atomic E-state index is 0.000870. The van der Waals surface area contributed by atoms with Crippen molar-refractivity contribution in [2.24, 2.45) is 0 Å². The summed E-state index contributed by atoms with van der Waals surface area (Å²) in [6, 6.07) is 7.82. The molecule has 22 heavy (non-hydrogen) atoms. The Bertz CT molecular complexity index is 665. The topological polar surface area (TPSA) is 50.4 Å². The maximum Gasteiger partial charge on any atom is 0.319 e. The number of ether oxygens (including phenoxy) is 1. The number of carbonyl (C=O) groups excluding carboxylic acids is 1. The fourth-order valence-electron chi connectivity index (χ4n) is 1.66. The Balaban J connectivity index is 1.73. The van der Waals surface area contributed by atoms with Crippen LogP contribution in [-0.2, 0) is 0 Å². The number of hydrogen-bond donors (Lipinski definition) is 2. The van der Waals surface area contributed by atoms with E-state index < -0.39 is 23.5 Å². The first-order chi connectivity index (χ1) is 10.5. The number of urea groups is 1. The third kappa shape index (κ3) is 4.69. The predicted octanol–water partition coefficient (Wildman–Crippen LogP) is 3.30. The van der Waals surface area contributed by atoms with Crippen molar-refractivity contribution in [2.75, 3.05) is 18.5 Å². The van der Waals surface area contributed by atoms with Gasteiger partial charge >= 0.3 is 6.03 Å². The number of amides is 2. The van der Waals surface area contributed by atoms with Gasteiger partial charge in [-0.25, -0.2) is 18.0 Å². The van der Waals surface area contributed by atoms with Crippen LogP contribution in [-0.4, -0.2) is 19.2 Å². The van der Waals surface area contributed by atoms with E-state index >= 15 is 0 Å². The molecule has 0 aliphatic carbocycles. The van der Waals surface area contributed by atoms with E-state index in [1.165, 1.54) is 24.3 Å². The molecular weight excluding hydrogens is 297 g/mol. The van der Waals surface area contributed by atoms with Crippen LogP contribution in [0.15, 0.2) is 42.5 Å². The minimum Gasteiger partial charge on any atom is -0.489 e. The predicted molar refractivity (Wildman–Crippen MR) is 75.3 cm³/mol. The van der Waals surface area contributed by atoms with E-state index in [0.717, 1.165) is 12.1 Å². The van der Waals surface area contributed by atoms with Crippen molar-refractivity contribution in [3.63, 3.8) is 0 Å². The number of carbonyl (C=O) groups is 1. The molecule has 0 spiro atoms. The van der Waals surface area contributed by atoms with Crippen LogP contribution in [0.25, 0.3) is 0 Å². The number of rotatable bonds is 5. The van der Waals surface area contributed by atoms with Crippen LogP contribution in [0.5, 0.6) is 5.75 Å². The second-order valence-corrected chi connectivity index (χ2v) is 4.31. The molecule has 0 aromatic heterocycles. The molecule has 7 heteroatoms. The van der Waals surface area contributed by atoms with Crippen molar-refractivity contribution in [1.82, 2.24) is 5.32 Å². The largest absolute Gasteiger partial charge is 0.489 e. The Labute approximate surface area is 124 Å². The monoisotopic (exact) mass is 310 g/mol. The molecule has 4 nitrogen and oxygen atoms in total. The van der Waals surface area contributed by atoms with Gasteiger partial charge < -0.3 is 15.4 Å². The van der Waals surface area contributed by atoms with Crippen LogP contribution in [0.2, 0.25) is 0 Å². The summed E-state index contributed by atoms with van der Waals surface area (Å²) in [4.78, 5) is 11.5. The Kier molecular flexibility index (Phi) is 5.24. The molecule has 0 unspecified atom stereocenters. The Morgan fingerprint density at radius 3 is 2.55 bits per heavy atom. The average molecular weight is 310 g/mol. The summed E-state index contributed by atoms with van der Waals surface area (Å²) in [5.41, 5.74) is 0.308. The molecule has 0 bridgehead atoms. The first-order valence-corrected chi connectivity index (χ1v) is 6.43. The molecule has 2 aromatic carbocycles. The third-order valence-electron chi connectivity index (χ3n) is 2.62. The molecule has 2 rings (SSSR count). The molecule has 0 atom stereocenters. The van der Waals surface area contributed by atoms with Gasteiger partial charge in [-0.1, -0.05) is 6.07 Å². The normalized spacial score (nSPS) is 10.1. The van der Waals surface area contributed by atoms with Gasteiger partial charge in [-0.15, -0.1) is 0 Å². The smallest absolute Gasteiger partial charge is 0.319 e. The van der Waals surface area contributed by atoms with Gasteiger partial charge in [-0.05, 0) is 30.3 Å². The van der Waals surface area contributed by atoms with E-state index in [9.17, 15) is 18.0 Å². The summed E-state index contributed by atoms with van der Waals surface area (Å²) in [6.45, 7) is 0.0943. The molecule has 0 saturated heterocycles. The molecule has 0 fully saturated rings. The molecule has 2 amide bonds. The van der Waals surface area contributed by atoms with E-state index in [-0.39, 0.29) is 18.9 Å². The first-order valence-electron chi connectivity index (χ1n) is 6.43. The Morgan fingerprint density at radius 1 is 1.05 bits per heavy atom. The first kappa shape index (κ1) is 15.7. The van der Waals surface area contributed by atoms with Crippen molar-refractivity contribution in [3.05, 3.63) is 59.9 Å². The standard InChI is InChI=1S/C15H13F3N2O2/c16-10-2-1-3-12(8-10)20-15(21)19-6-7-22-14-5-4-11(17)9-13(14)18/h1-5,8-9H,6-7H2,(H2,19,20,21).